The third kappa shape index (κ3) is 7.88. The van der Waals surface area contributed by atoms with Gasteiger partial charge in [-0.2, -0.15) is 0 Å². The summed E-state index contributed by atoms with van der Waals surface area (Å²) >= 11 is 7.52. The Morgan fingerprint density at radius 1 is 0.744 bits per heavy atom. The molecule has 3 N–H and O–H groups in total. The molecule has 0 radical (unpaired) electrons. The molecule has 6 nitrogen and oxygen atoms in total. The van der Waals surface area contributed by atoms with Crippen molar-refractivity contribution in [2.45, 2.75) is 4.90 Å². The van der Waals surface area contributed by atoms with Crippen molar-refractivity contribution < 1.29 is 18.8 Å². The first kappa shape index (κ1) is 29.6. The van der Waals surface area contributed by atoms with Crippen LogP contribution in [0.5, 0.6) is 0 Å². The topological polar surface area (TPSA) is 87.3 Å². The Balaban J connectivity index is 1.23. The van der Waals surface area contributed by atoms with Gasteiger partial charge >= 0.3 is 0 Å². The van der Waals surface area contributed by atoms with Crippen LogP contribution in [-0.4, -0.2) is 23.5 Å². The van der Waals surface area contributed by atoms with Crippen LogP contribution in [0, 0.1) is 5.82 Å². The molecule has 3 amide bonds. The molecule has 0 aliphatic heterocycles. The summed E-state index contributed by atoms with van der Waals surface area (Å²) in [6, 6.07) is 33.1. The maximum absolute atomic E-state index is 14.5. The summed E-state index contributed by atoms with van der Waals surface area (Å²) in [6.45, 7) is 0. The average Bonchev–Trinajstić information content (AvgIpc) is 3.02. The van der Waals surface area contributed by atoms with Crippen molar-refractivity contribution in [1.82, 2.24) is 5.32 Å². The molecule has 0 saturated carbocycles. The fourth-order valence-corrected chi connectivity index (χ4v) is 5.10. The number of rotatable bonds is 9. The van der Waals surface area contributed by atoms with E-state index in [1.807, 2.05) is 42.5 Å². The fourth-order valence-electron chi connectivity index (χ4n) is 4.18. The van der Waals surface area contributed by atoms with E-state index in [-0.39, 0.29) is 27.9 Å². The molecule has 0 spiro atoms. The molecule has 214 valence electrons. The molecule has 9 heteroatoms. The molecule has 0 fully saturated rings. The van der Waals surface area contributed by atoms with E-state index in [1.54, 1.807) is 54.6 Å². The van der Waals surface area contributed by atoms with Crippen molar-refractivity contribution in [2.24, 2.45) is 0 Å². The van der Waals surface area contributed by atoms with Crippen molar-refractivity contribution >= 4 is 69.3 Å². The van der Waals surface area contributed by atoms with Gasteiger partial charge in [0.2, 0.25) is 5.91 Å². The summed E-state index contributed by atoms with van der Waals surface area (Å²) < 4.78 is 14.5. The van der Waals surface area contributed by atoms with Gasteiger partial charge in [0.05, 0.1) is 10.8 Å². The summed E-state index contributed by atoms with van der Waals surface area (Å²) in [5, 5.41) is 10.4. The van der Waals surface area contributed by atoms with Crippen molar-refractivity contribution in [3.8, 4) is 0 Å². The Labute approximate surface area is 257 Å². The van der Waals surface area contributed by atoms with Crippen molar-refractivity contribution in [3.63, 3.8) is 0 Å². The first-order chi connectivity index (χ1) is 20.9. The monoisotopic (exact) mass is 609 g/mol. The summed E-state index contributed by atoms with van der Waals surface area (Å²) in [5.74, 6) is -1.80. The average molecular weight is 610 g/mol. The first-order valence-corrected chi connectivity index (χ1v) is 14.6. The van der Waals surface area contributed by atoms with Gasteiger partial charge in [0, 0.05) is 27.4 Å². The molecular weight excluding hydrogens is 585 g/mol. The molecule has 0 atom stereocenters. The number of nitrogens with one attached hydrogen (secondary N) is 3. The van der Waals surface area contributed by atoms with Gasteiger partial charge in [0.15, 0.2) is 0 Å². The van der Waals surface area contributed by atoms with Crippen LogP contribution in [0.1, 0.15) is 15.9 Å². The number of benzene rings is 5. The van der Waals surface area contributed by atoms with E-state index in [2.05, 4.69) is 16.0 Å². The Kier molecular flexibility index (Phi) is 9.51. The minimum Gasteiger partial charge on any atom is -0.325 e. The highest BCUT2D eigenvalue weighted by Crippen LogP contribution is 2.24. The minimum atomic E-state index is -0.668. The van der Waals surface area contributed by atoms with Crippen LogP contribution < -0.4 is 16.0 Å². The summed E-state index contributed by atoms with van der Waals surface area (Å²) in [6.07, 6.45) is 1.20. The molecule has 0 bridgehead atoms. The number of hydrogen-bond acceptors (Lipinski definition) is 4. The number of fused-ring (bicyclic) bond motifs is 1. The van der Waals surface area contributed by atoms with Gasteiger partial charge in [-0.25, -0.2) is 4.39 Å². The Bertz CT molecular complexity index is 1810. The molecule has 0 aromatic heterocycles. The normalized spacial score (nSPS) is 11.2. The van der Waals surface area contributed by atoms with Crippen LogP contribution in [0.3, 0.4) is 0 Å². The van der Waals surface area contributed by atoms with Crippen molar-refractivity contribution in [3.05, 3.63) is 143 Å². The van der Waals surface area contributed by atoms with Crippen LogP contribution in [0.25, 0.3) is 16.8 Å². The van der Waals surface area contributed by atoms with Crippen LogP contribution in [-0.2, 0) is 9.59 Å². The molecule has 0 saturated heterocycles. The zero-order valence-electron chi connectivity index (χ0n) is 22.6. The number of thioether (sulfide) groups is 1. The summed E-state index contributed by atoms with van der Waals surface area (Å²) in [4.78, 5) is 39.4. The maximum atomic E-state index is 14.5. The predicted octanol–water partition coefficient (Wildman–Crippen LogP) is 7.77. The lowest BCUT2D eigenvalue weighted by Gasteiger charge is -2.12. The minimum absolute atomic E-state index is 0.0311. The summed E-state index contributed by atoms with van der Waals surface area (Å²) in [7, 11) is 0. The molecule has 5 aromatic carbocycles. The van der Waals surface area contributed by atoms with Crippen LogP contribution >= 0.6 is 23.4 Å². The molecule has 0 aliphatic carbocycles. The third-order valence-corrected chi connectivity index (χ3v) is 7.67. The van der Waals surface area contributed by atoms with E-state index in [9.17, 15) is 18.8 Å². The van der Waals surface area contributed by atoms with E-state index < -0.39 is 17.6 Å². The molecule has 0 unspecified atom stereocenters. The number of amides is 3. The lowest BCUT2D eigenvalue weighted by molar-refractivity contribution is -0.114. The van der Waals surface area contributed by atoms with Crippen LogP contribution in [0.15, 0.2) is 126 Å². The van der Waals surface area contributed by atoms with Gasteiger partial charge in [0.25, 0.3) is 11.8 Å². The predicted molar refractivity (Wildman–Crippen MR) is 172 cm³/mol. The maximum Gasteiger partial charge on any atom is 0.272 e. The van der Waals surface area contributed by atoms with E-state index >= 15 is 0 Å². The van der Waals surface area contributed by atoms with Gasteiger partial charge in [-0.3, -0.25) is 14.4 Å². The van der Waals surface area contributed by atoms with E-state index in [1.165, 1.54) is 36.0 Å². The largest absolute Gasteiger partial charge is 0.325 e. The zero-order chi connectivity index (χ0) is 30.2. The molecule has 43 heavy (non-hydrogen) atoms. The Morgan fingerprint density at radius 3 is 2.19 bits per heavy atom. The van der Waals surface area contributed by atoms with Gasteiger partial charge in [-0.05, 0) is 77.5 Å². The number of carbonyl (C=O) groups is 3. The number of anilines is 2. The second-order valence-corrected chi connectivity index (χ2v) is 10.8. The van der Waals surface area contributed by atoms with Crippen molar-refractivity contribution in [1.29, 1.82) is 0 Å². The third-order valence-electron chi connectivity index (χ3n) is 6.33. The number of hydrogen-bond donors (Lipinski definition) is 3. The lowest BCUT2D eigenvalue weighted by Crippen LogP contribution is -2.30. The molecule has 5 aromatic rings. The summed E-state index contributed by atoms with van der Waals surface area (Å²) in [5.41, 5.74) is 1.27. The quantitative estimate of drug-likeness (QED) is 0.118. The van der Waals surface area contributed by atoms with Gasteiger partial charge in [-0.15, -0.1) is 11.8 Å². The second kappa shape index (κ2) is 13.8. The highest BCUT2D eigenvalue weighted by Gasteiger charge is 2.17. The highest BCUT2D eigenvalue weighted by atomic mass is 35.5. The smallest absolute Gasteiger partial charge is 0.272 e. The molecule has 0 heterocycles. The number of halogens is 2. The van der Waals surface area contributed by atoms with Crippen LogP contribution in [0.4, 0.5) is 15.8 Å². The van der Waals surface area contributed by atoms with Crippen LogP contribution in [0.2, 0.25) is 5.02 Å². The molecular formula is C34H25ClFN3O3S. The molecule has 5 rings (SSSR count). The van der Waals surface area contributed by atoms with E-state index in [4.69, 9.17) is 11.6 Å². The van der Waals surface area contributed by atoms with E-state index in [0.717, 1.165) is 21.4 Å². The Morgan fingerprint density at radius 2 is 1.44 bits per heavy atom. The molecule has 0 aliphatic rings. The van der Waals surface area contributed by atoms with E-state index in [0.29, 0.717) is 11.3 Å². The SMILES string of the molecule is O=C(CSc1ccc(NC(=O)/C(=C/c2c(F)cccc2Cl)NC(=O)c2ccccc2)cc1)Nc1ccc2ccccc2c1. The van der Waals surface area contributed by atoms with Gasteiger partial charge in [-0.1, -0.05) is 66.2 Å². The standard InChI is InChI=1S/C34H25ClFN3O3S/c35-29-11-6-12-30(36)28(29)20-31(39-33(41)23-8-2-1-3-9-23)34(42)38-25-15-17-27(18-16-25)43-21-32(40)37-26-14-13-22-7-4-5-10-24(22)19-26/h1-20H,21H2,(H,37,40)(H,38,42)(H,39,41)/b31-20-. The fraction of sp³-hybridized carbons (Fsp3) is 0.0294. The van der Waals surface area contributed by atoms with Crippen molar-refractivity contribution in [2.75, 3.05) is 16.4 Å². The zero-order valence-corrected chi connectivity index (χ0v) is 24.2. The highest BCUT2D eigenvalue weighted by molar-refractivity contribution is 8.00. The van der Waals surface area contributed by atoms with Gasteiger partial charge in [0.1, 0.15) is 11.5 Å². The second-order valence-electron chi connectivity index (χ2n) is 9.39. The lowest BCUT2D eigenvalue weighted by atomic mass is 10.1. The Hall–Kier alpha value is -4.92. The number of carbonyl (C=O) groups excluding carboxylic acids is 3. The van der Waals surface area contributed by atoms with Gasteiger partial charge < -0.3 is 16.0 Å². The first-order valence-electron chi connectivity index (χ1n) is 13.2.